The van der Waals surface area contributed by atoms with Gasteiger partial charge in [-0.15, -0.1) is 0 Å². The van der Waals surface area contributed by atoms with Gasteiger partial charge in [-0.2, -0.15) is 0 Å². The molecule has 0 aromatic heterocycles. The number of alkyl carbamates (subject to hydrolysis) is 1. The Balaban J connectivity index is 3.78. The van der Waals surface area contributed by atoms with E-state index >= 15 is 0 Å². The lowest BCUT2D eigenvalue weighted by atomic mass is 10.1. The number of ether oxygens (including phenoxy) is 1. The highest BCUT2D eigenvalue weighted by atomic mass is 16.5. The van der Waals surface area contributed by atoms with Gasteiger partial charge in [0, 0.05) is 0 Å². The van der Waals surface area contributed by atoms with Crippen molar-refractivity contribution in [1.29, 1.82) is 0 Å². The lowest BCUT2D eigenvalue weighted by Crippen LogP contribution is -2.41. The largest absolute Gasteiger partial charge is 0.453 e. The molecule has 0 aromatic rings. The number of aliphatic hydroxyl groups excluding tert-OH is 1. The number of amides is 1. The van der Waals surface area contributed by atoms with Crippen LogP contribution in [-0.4, -0.2) is 30.5 Å². The normalized spacial score (nSPS) is 15.3. The molecule has 0 spiro atoms. The third kappa shape index (κ3) is 3.83. The molecule has 0 aliphatic rings. The van der Waals surface area contributed by atoms with Gasteiger partial charge in [-0.1, -0.05) is 6.92 Å². The van der Waals surface area contributed by atoms with Gasteiger partial charge in [0.05, 0.1) is 19.3 Å². The smallest absolute Gasteiger partial charge is 0.407 e. The highest BCUT2D eigenvalue weighted by Gasteiger charge is 2.14. The minimum Gasteiger partial charge on any atom is -0.453 e. The lowest BCUT2D eigenvalue weighted by Gasteiger charge is -2.18. The van der Waals surface area contributed by atoms with Crippen molar-refractivity contribution in [3.8, 4) is 0 Å². The van der Waals surface area contributed by atoms with E-state index in [4.69, 9.17) is 5.11 Å². The maximum absolute atomic E-state index is 10.6. The number of hydrogen-bond acceptors (Lipinski definition) is 3. The van der Waals surface area contributed by atoms with E-state index in [0.717, 1.165) is 0 Å². The summed E-state index contributed by atoms with van der Waals surface area (Å²) in [4.78, 5) is 10.6. The van der Waals surface area contributed by atoms with E-state index in [0.29, 0.717) is 6.42 Å². The molecule has 2 atom stereocenters. The van der Waals surface area contributed by atoms with Crippen molar-refractivity contribution in [2.24, 2.45) is 0 Å². The SMILES string of the molecule is CCC(NC(=O)OC)C(C)O. The summed E-state index contributed by atoms with van der Waals surface area (Å²) < 4.78 is 4.37. The highest BCUT2D eigenvalue weighted by molar-refractivity contribution is 5.67. The molecule has 0 radical (unpaired) electrons. The zero-order valence-corrected chi connectivity index (χ0v) is 7.13. The Kier molecular flexibility index (Phi) is 4.61. The van der Waals surface area contributed by atoms with Crippen LogP contribution in [0.3, 0.4) is 0 Å². The summed E-state index contributed by atoms with van der Waals surface area (Å²) in [6.07, 6.45) is -0.357. The summed E-state index contributed by atoms with van der Waals surface area (Å²) in [5.41, 5.74) is 0. The molecule has 0 aromatic carbocycles. The Morgan fingerprint density at radius 2 is 2.27 bits per heavy atom. The molecule has 1 amide bonds. The van der Waals surface area contributed by atoms with Crippen LogP contribution in [-0.2, 0) is 4.74 Å². The first-order valence-electron chi connectivity index (χ1n) is 3.64. The molecule has 11 heavy (non-hydrogen) atoms. The van der Waals surface area contributed by atoms with Crippen molar-refractivity contribution < 1.29 is 14.6 Å². The van der Waals surface area contributed by atoms with Crippen LogP contribution in [0.15, 0.2) is 0 Å². The maximum atomic E-state index is 10.6. The first-order valence-corrected chi connectivity index (χ1v) is 3.64. The van der Waals surface area contributed by atoms with Gasteiger partial charge in [-0.05, 0) is 13.3 Å². The third-order valence-electron chi connectivity index (χ3n) is 1.51. The van der Waals surface area contributed by atoms with Gasteiger partial charge in [-0.3, -0.25) is 0 Å². The quantitative estimate of drug-likeness (QED) is 0.633. The molecule has 4 nitrogen and oxygen atoms in total. The van der Waals surface area contributed by atoms with Crippen molar-refractivity contribution in [2.75, 3.05) is 7.11 Å². The molecular formula is C7H15NO3. The monoisotopic (exact) mass is 161 g/mol. The van der Waals surface area contributed by atoms with Crippen molar-refractivity contribution in [3.63, 3.8) is 0 Å². The van der Waals surface area contributed by atoms with E-state index in [1.54, 1.807) is 6.92 Å². The van der Waals surface area contributed by atoms with Crippen LogP contribution in [0.1, 0.15) is 20.3 Å². The Labute approximate surface area is 66.5 Å². The predicted octanol–water partition coefficient (Wildman–Crippen LogP) is 0.502. The Bertz CT molecular complexity index is 125. The highest BCUT2D eigenvalue weighted by Crippen LogP contribution is 1.97. The second-order valence-corrected chi connectivity index (χ2v) is 2.39. The fourth-order valence-corrected chi connectivity index (χ4v) is 0.774. The van der Waals surface area contributed by atoms with Crippen LogP contribution < -0.4 is 5.32 Å². The van der Waals surface area contributed by atoms with E-state index in [1.165, 1.54) is 7.11 Å². The van der Waals surface area contributed by atoms with E-state index < -0.39 is 12.2 Å². The summed E-state index contributed by atoms with van der Waals surface area (Å²) >= 11 is 0. The Hall–Kier alpha value is -0.770. The zero-order chi connectivity index (χ0) is 8.85. The molecule has 0 heterocycles. The molecule has 0 fully saturated rings. The number of rotatable bonds is 3. The van der Waals surface area contributed by atoms with Crippen LogP contribution in [0.25, 0.3) is 0 Å². The second kappa shape index (κ2) is 4.96. The molecule has 2 N–H and O–H groups in total. The van der Waals surface area contributed by atoms with E-state index in [2.05, 4.69) is 10.1 Å². The van der Waals surface area contributed by atoms with E-state index in [9.17, 15) is 4.79 Å². The van der Waals surface area contributed by atoms with Gasteiger partial charge in [0.25, 0.3) is 0 Å². The van der Waals surface area contributed by atoms with Crippen LogP contribution in [0.5, 0.6) is 0 Å². The van der Waals surface area contributed by atoms with Gasteiger partial charge in [0.2, 0.25) is 0 Å². The molecule has 66 valence electrons. The predicted molar refractivity (Wildman–Crippen MR) is 41.3 cm³/mol. The molecule has 0 bridgehead atoms. The molecule has 4 heteroatoms. The summed E-state index contributed by atoms with van der Waals surface area (Å²) in [6, 6.07) is -0.220. The second-order valence-electron chi connectivity index (χ2n) is 2.39. The van der Waals surface area contributed by atoms with Crippen LogP contribution in [0, 0.1) is 0 Å². The number of methoxy groups -OCH3 is 1. The van der Waals surface area contributed by atoms with Crippen LogP contribution in [0.4, 0.5) is 4.79 Å². The number of aliphatic hydroxyl groups is 1. The average Bonchev–Trinajstić information content (AvgIpc) is 1.99. The molecule has 2 unspecified atom stereocenters. The number of hydrogen-bond donors (Lipinski definition) is 2. The first kappa shape index (κ1) is 10.2. The van der Waals surface area contributed by atoms with Crippen LogP contribution in [0.2, 0.25) is 0 Å². The summed E-state index contributed by atoms with van der Waals surface area (Å²) in [5, 5.41) is 11.6. The molecule has 0 aliphatic carbocycles. The van der Waals surface area contributed by atoms with Gasteiger partial charge < -0.3 is 15.2 Å². The topological polar surface area (TPSA) is 58.6 Å². The zero-order valence-electron chi connectivity index (χ0n) is 7.13. The average molecular weight is 161 g/mol. The van der Waals surface area contributed by atoms with Crippen molar-refractivity contribution in [2.45, 2.75) is 32.4 Å². The molecule has 0 saturated heterocycles. The van der Waals surface area contributed by atoms with Gasteiger partial charge in [0.15, 0.2) is 0 Å². The lowest BCUT2D eigenvalue weighted by molar-refractivity contribution is 0.123. The fourth-order valence-electron chi connectivity index (χ4n) is 0.774. The summed E-state index contributed by atoms with van der Waals surface area (Å²) in [6.45, 7) is 3.51. The Morgan fingerprint density at radius 1 is 1.73 bits per heavy atom. The fraction of sp³-hybridized carbons (Fsp3) is 0.857. The Morgan fingerprint density at radius 3 is 2.55 bits per heavy atom. The number of nitrogens with one attached hydrogen (secondary N) is 1. The molecule has 0 rings (SSSR count). The molecular weight excluding hydrogens is 146 g/mol. The van der Waals surface area contributed by atoms with Crippen LogP contribution >= 0.6 is 0 Å². The van der Waals surface area contributed by atoms with Crippen molar-refractivity contribution >= 4 is 6.09 Å². The van der Waals surface area contributed by atoms with Gasteiger partial charge >= 0.3 is 6.09 Å². The summed E-state index contributed by atoms with van der Waals surface area (Å²) in [5.74, 6) is 0. The summed E-state index contributed by atoms with van der Waals surface area (Å²) in [7, 11) is 1.30. The van der Waals surface area contributed by atoms with Gasteiger partial charge in [-0.25, -0.2) is 4.79 Å². The first-order chi connectivity index (χ1) is 5.11. The standard InChI is InChI=1S/C7H15NO3/c1-4-6(5(2)9)8-7(10)11-3/h5-6,9H,4H2,1-3H3,(H,8,10). The van der Waals surface area contributed by atoms with Crippen molar-refractivity contribution in [3.05, 3.63) is 0 Å². The van der Waals surface area contributed by atoms with Crippen molar-refractivity contribution in [1.82, 2.24) is 5.32 Å². The minimum atomic E-state index is -0.543. The molecule has 0 saturated carbocycles. The van der Waals surface area contributed by atoms with E-state index in [-0.39, 0.29) is 6.04 Å². The molecule has 0 aliphatic heterocycles. The maximum Gasteiger partial charge on any atom is 0.407 e. The third-order valence-corrected chi connectivity index (χ3v) is 1.51. The number of carbonyl (C=O) groups excluding carboxylic acids is 1. The van der Waals surface area contributed by atoms with Gasteiger partial charge in [0.1, 0.15) is 0 Å². The van der Waals surface area contributed by atoms with E-state index in [1.807, 2.05) is 6.92 Å². The number of carbonyl (C=O) groups is 1. The minimum absolute atomic E-state index is 0.220.